The van der Waals surface area contributed by atoms with Crippen LogP contribution in [-0.2, 0) is 4.79 Å². The third-order valence-electron chi connectivity index (χ3n) is 2.65. The first kappa shape index (κ1) is 14.5. The number of hydrogen-bond acceptors (Lipinski definition) is 2. The molecule has 0 aliphatic rings. The molecule has 0 bridgehead atoms. The average Bonchev–Trinajstić information content (AvgIpc) is 2.21. The summed E-state index contributed by atoms with van der Waals surface area (Å²) in [7, 11) is 0. The zero-order valence-electron chi connectivity index (χ0n) is 9.92. The molecule has 0 heterocycles. The van der Waals surface area contributed by atoms with E-state index in [1.807, 2.05) is 0 Å². The second-order valence-corrected chi connectivity index (χ2v) is 4.41. The quantitative estimate of drug-likeness (QED) is 0.795. The molecular weight excluding hydrogens is 245 g/mol. The maximum atomic E-state index is 13.4. The Balaban J connectivity index is 2.81. The lowest BCUT2D eigenvalue weighted by molar-refractivity contribution is -0.118. The molecule has 1 rings (SSSR count). The van der Waals surface area contributed by atoms with E-state index in [2.05, 4.69) is 0 Å². The smallest absolute Gasteiger partial charge is 0.217 e. The van der Waals surface area contributed by atoms with Gasteiger partial charge in [0, 0.05) is 24.1 Å². The molecule has 100 valence electrons. The van der Waals surface area contributed by atoms with Crippen molar-refractivity contribution in [1.29, 1.82) is 0 Å². The molecule has 0 aliphatic heterocycles. The van der Waals surface area contributed by atoms with Gasteiger partial charge in [0.05, 0.1) is 0 Å². The SMILES string of the molecule is CC(CC(N)=O)CC(N)c1cc(F)c(F)cc1F. The Kier molecular flexibility index (Phi) is 4.72. The van der Waals surface area contributed by atoms with Crippen molar-refractivity contribution in [2.45, 2.75) is 25.8 Å². The first-order valence-corrected chi connectivity index (χ1v) is 5.49. The summed E-state index contributed by atoms with van der Waals surface area (Å²) in [5.74, 6) is -3.95. The van der Waals surface area contributed by atoms with Gasteiger partial charge in [-0.2, -0.15) is 0 Å². The van der Waals surface area contributed by atoms with Crippen molar-refractivity contribution in [3.63, 3.8) is 0 Å². The Hall–Kier alpha value is -1.56. The van der Waals surface area contributed by atoms with Crippen molar-refractivity contribution in [2.75, 3.05) is 0 Å². The van der Waals surface area contributed by atoms with Crippen LogP contribution in [0.5, 0.6) is 0 Å². The third-order valence-corrected chi connectivity index (χ3v) is 2.65. The maximum Gasteiger partial charge on any atom is 0.217 e. The first-order chi connectivity index (χ1) is 8.31. The number of benzene rings is 1. The lowest BCUT2D eigenvalue weighted by Gasteiger charge is -2.17. The van der Waals surface area contributed by atoms with Crippen LogP contribution in [0, 0.1) is 23.4 Å². The molecule has 0 saturated heterocycles. The van der Waals surface area contributed by atoms with Gasteiger partial charge in [-0.1, -0.05) is 6.92 Å². The number of carbonyl (C=O) groups excluding carboxylic acids is 1. The summed E-state index contributed by atoms with van der Waals surface area (Å²) in [4.78, 5) is 10.7. The van der Waals surface area contributed by atoms with Crippen molar-refractivity contribution >= 4 is 5.91 Å². The second kappa shape index (κ2) is 5.86. The fraction of sp³-hybridized carbons (Fsp3) is 0.417. The normalized spacial score (nSPS) is 14.3. The maximum absolute atomic E-state index is 13.4. The highest BCUT2D eigenvalue weighted by Crippen LogP contribution is 2.24. The van der Waals surface area contributed by atoms with Crippen LogP contribution in [-0.4, -0.2) is 5.91 Å². The highest BCUT2D eigenvalue weighted by molar-refractivity contribution is 5.73. The fourth-order valence-corrected chi connectivity index (χ4v) is 1.81. The molecular formula is C12H15F3N2O. The van der Waals surface area contributed by atoms with E-state index in [0.29, 0.717) is 6.07 Å². The number of hydrogen-bond donors (Lipinski definition) is 2. The van der Waals surface area contributed by atoms with Crippen molar-refractivity contribution < 1.29 is 18.0 Å². The number of primary amides is 1. The van der Waals surface area contributed by atoms with Crippen molar-refractivity contribution in [3.05, 3.63) is 35.1 Å². The minimum atomic E-state index is -1.26. The van der Waals surface area contributed by atoms with Gasteiger partial charge in [0.2, 0.25) is 5.91 Å². The molecule has 0 spiro atoms. The molecule has 1 aromatic rings. The van der Waals surface area contributed by atoms with Crippen LogP contribution in [0.2, 0.25) is 0 Å². The van der Waals surface area contributed by atoms with E-state index in [9.17, 15) is 18.0 Å². The number of carbonyl (C=O) groups is 1. The van der Waals surface area contributed by atoms with Crippen LogP contribution < -0.4 is 11.5 Å². The van der Waals surface area contributed by atoms with E-state index in [4.69, 9.17) is 11.5 Å². The summed E-state index contributed by atoms with van der Waals surface area (Å²) >= 11 is 0. The highest BCUT2D eigenvalue weighted by atomic mass is 19.2. The number of rotatable bonds is 5. The van der Waals surface area contributed by atoms with Gasteiger partial charge >= 0.3 is 0 Å². The third kappa shape index (κ3) is 3.73. The van der Waals surface area contributed by atoms with Crippen LogP contribution in [0.15, 0.2) is 12.1 Å². The summed E-state index contributed by atoms with van der Waals surface area (Å²) < 4.78 is 39.2. The standard InChI is InChI=1S/C12H15F3N2O/c1-6(3-12(17)18)2-11(16)7-4-9(14)10(15)5-8(7)13/h4-6,11H,2-3,16H2,1H3,(H2,17,18). The summed E-state index contributed by atoms with van der Waals surface area (Å²) in [5.41, 5.74) is 10.6. The lowest BCUT2D eigenvalue weighted by Crippen LogP contribution is -2.20. The Morgan fingerprint density at radius 3 is 2.33 bits per heavy atom. The zero-order chi connectivity index (χ0) is 13.9. The minimum Gasteiger partial charge on any atom is -0.370 e. The molecule has 0 aliphatic carbocycles. The molecule has 2 unspecified atom stereocenters. The van der Waals surface area contributed by atoms with Gasteiger partial charge in [-0.3, -0.25) is 4.79 Å². The topological polar surface area (TPSA) is 69.1 Å². The van der Waals surface area contributed by atoms with Crippen LogP contribution in [0.1, 0.15) is 31.4 Å². The van der Waals surface area contributed by atoms with Gasteiger partial charge in [-0.15, -0.1) is 0 Å². The van der Waals surface area contributed by atoms with E-state index in [1.165, 1.54) is 0 Å². The van der Waals surface area contributed by atoms with Crippen molar-refractivity contribution in [3.8, 4) is 0 Å². The van der Waals surface area contributed by atoms with Crippen molar-refractivity contribution in [2.24, 2.45) is 17.4 Å². The molecule has 4 N–H and O–H groups in total. The average molecular weight is 260 g/mol. The Bertz CT molecular complexity index is 451. The number of halogens is 3. The van der Waals surface area contributed by atoms with Gasteiger partial charge in [0.1, 0.15) is 5.82 Å². The van der Waals surface area contributed by atoms with E-state index < -0.39 is 29.4 Å². The van der Waals surface area contributed by atoms with Gasteiger partial charge in [-0.05, 0) is 18.4 Å². The summed E-state index contributed by atoms with van der Waals surface area (Å²) in [5, 5.41) is 0. The molecule has 1 aromatic carbocycles. The molecule has 2 atom stereocenters. The molecule has 3 nitrogen and oxygen atoms in total. The Morgan fingerprint density at radius 2 is 1.78 bits per heavy atom. The largest absolute Gasteiger partial charge is 0.370 e. The van der Waals surface area contributed by atoms with Crippen LogP contribution >= 0.6 is 0 Å². The first-order valence-electron chi connectivity index (χ1n) is 5.49. The minimum absolute atomic E-state index is 0.106. The van der Waals surface area contributed by atoms with Crippen molar-refractivity contribution in [1.82, 2.24) is 0 Å². The summed E-state index contributed by atoms with van der Waals surface area (Å²) in [6, 6.07) is 0.393. The van der Waals surface area contributed by atoms with Crippen LogP contribution in [0.25, 0.3) is 0 Å². The fourth-order valence-electron chi connectivity index (χ4n) is 1.81. The summed E-state index contributed by atoms with van der Waals surface area (Å²) in [6.07, 6.45) is 0.365. The number of nitrogens with two attached hydrogens (primary N) is 2. The van der Waals surface area contributed by atoms with E-state index in [-0.39, 0.29) is 24.3 Å². The van der Waals surface area contributed by atoms with E-state index in [0.717, 1.165) is 6.07 Å². The molecule has 6 heteroatoms. The molecule has 0 saturated carbocycles. The lowest BCUT2D eigenvalue weighted by atomic mass is 9.94. The number of amides is 1. The highest BCUT2D eigenvalue weighted by Gasteiger charge is 2.18. The molecule has 0 radical (unpaired) electrons. The molecule has 1 amide bonds. The van der Waals surface area contributed by atoms with Crippen LogP contribution in [0.4, 0.5) is 13.2 Å². The monoisotopic (exact) mass is 260 g/mol. The zero-order valence-corrected chi connectivity index (χ0v) is 9.92. The van der Waals surface area contributed by atoms with Crippen LogP contribution in [0.3, 0.4) is 0 Å². The molecule has 0 aromatic heterocycles. The predicted molar refractivity (Wildman–Crippen MR) is 60.8 cm³/mol. The van der Waals surface area contributed by atoms with E-state index >= 15 is 0 Å². The summed E-state index contributed by atoms with van der Waals surface area (Å²) in [6.45, 7) is 1.72. The molecule has 18 heavy (non-hydrogen) atoms. The Morgan fingerprint density at radius 1 is 1.22 bits per heavy atom. The van der Waals surface area contributed by atoms with Gasteiger partial charge < -0.3 is 11.5 Å². The van der Waals surface area contributed by atoms with Gasteiger partial charge in [-0.25, -0.2) is 13.2 Å². The van der Waals surface area contributed by atoms with E-state index in [1.54, 1.807) is 6.92 Å². The predicted octanol–water partition coefficient (Wildman–Crippen LogP) is 2.01. The van der Waals surface area contributed by atoms with Gasteiger partial charge in [0.25, 0.3) is 0 Å². The molecule has 0 fully saturated rings. The second-order valence-electron chi connectivity index (χ2n) is 4.41. The van der Waals surface area contributed by atoms with Gasteiger partial charge in [0.15, 0.2) is 11.6 Å². The Labute approximate surface area is 103 Å².